The van der Waals surface area contributed by atoms with E-state index in [-0.39, 0.29) is 17.5 Å². The maximum Gasteiger partial charge on any atom is 0.410 e. The number of nitrogens with zero attached hydrogens (tertiary/aromatic N) is 11. The minimum atomic E-state index is -0.495. The van der Waals surface area contributed by atoms with Crippen molar-refractivity contribution in [3.8, 4) is 6.01 Å². The highest BCUT2D eigenvalue weighted by Crippen LogP contribution is 2.32. The SMILES string of the molecule is CC(C)(C)OC(=O)N1CCN(c2nc(Cl)nc3c2CCN(Cc2ccccc2)C3)CC1.CN1CCC[C@H]1COc1nc2c(c(N3CCN(C(=O)OC(C)(C)C)CC3)n1)CCN(Cc1ccccc1)C2. The van der Waals surface area contributed by atoms with Gasteiger partial charge in [-0.3, -0.25) is 9.80 Å². The fourth-order valence-electron chi connectivity index (χ4n) is 9.63. The van der Waals surface area contributed by atoms with Gasteiger partial charge in [-0.05, 0) is 104 Å². The van der Waals surface area contributed by atoms with Crippen LogP contribution in [0.5, 0.6) is 6.01 Å². The number of likely N-dealkylation sites (tertiary alicyclic amines) is 1. The summed E-state index contributed by atoms with van der Waals surface area (Å²) >= 11 is 6.31. The lowest BCUT2D eigenvalue weighted by Crippen LogP contribution is -2.50. The van der Waals surface area contributed by atoms with Crippen LogP contribution < -0.4 is 14.5 Å². The summed E-state index contributed by atoms with van der Waals surface area (Å²) in [5.41, 5.74) is 6.08. The zero-order chi connectivity index (χ0) is 48.7. The highest BCUT2D eigenvalue weighted by molar-refractivity contribution is 6.28. The minimum absolute atomic E-state index is 0.247. The second-order valence-electron chi connectivity index (χ2n) is 20.9. The molecule has 5 aliphatic rings. The predicted molar refractivity (Wildman–Crippen MR) is 269 cm³/mol. The van der Waals surface area contributed by atoms with Gasteiger partial charge in [-0.15, -0.1) is 0 Å². The Bertz CT molecular complexity index is 2350. The van der Waals surface area contributed by atoms with E-state index < -0.39 is 11.2 Å². The molecular formula is C52H72ClN11O5. The average molecular weight is 967 g/mol. The van der Waals surface area contributed by atoms with Gasteiger partial charge in [-0.2, -0.15) is 9.97 Å². The third kappa shape index (κ3) is 13.7. The van der Waals surface area contributed by atoms with Gasteiger partial charge in [-0.25, -0.2) is 19.6 Å². The zero-order valence-electron chi connectivity index (χ0n) is 41.8. The normalized spacial score (nSPS) is 19.3. The quantitative estimate of drug-likeness (QED) is 0.155. The van der Waals surface area contributed by atoms with Crippen LogP contribution in [0.25, 0.3) is 0 Å². The molecule has 9 rings (SSSR count). The molecule has 0 saturated carbocycles. The summed E-state index contributed by atoms with van der Waals surface area (Å²) in [5.74, 6) is 1.88. The first-order valence-corrected chi connectivity index (χ1v) is 25.2. The van der Waals surface area contributed by atoms with Crippen molar-refractivity contribution in [1.82, 2.24) is 44.4 Å². The highest BCUT2D eigenvalue weighted by Gasteiger charge is 2.33. The lowest BCUT2D eigenvalue weighted by Gasteiger charge is -2.38. The van der Waals surface area contributed by atoms with Gasteiger partial charge in [0.15, 0.2) is 0 Å². The molecule has 0 aliphatic carbocycles. The lowest BCUT2D eigenvalue weighted by molar-refractivity contribution is 0.0230. The van der Waals surface area contributed by atoms with Crippen molar-refractivity contribution < 1.29 is 23.8 Å². The van der Waals surface area contributed by atoms with Crippen LogP contribution in [0.1, 0.15) is 88.0 Å². The van der Waals surface area contributed by atoms with E-state index in [1.54, 1.807) is 9.80 Å². The van der Waals surface area contributed by atoms with Gasteiger partial charge in [0, 0.05) is 109 Å². The number of piperazine rings is 2. The predicted octanol–water partition coefficient (Wildman–Crippen LogP) is 7.31. The third-order valence-corrected chi connectivity index (χ3v) is 13.4. The maximum atomic E-state index is 12.6. The Morgan fingerprint density at radius 2 is 1.07 bits per heavy atom. The second-order valence-corrected chi connectivity index (χ2v) is 21.2. The Morgan fingerprint density at radius 1 is 0.609 bits per heavy atom. The number of hydrogen-bond donors (Lipinski definition) is 0. The van der Waals surface area contributed by atoms with Crippen molar-refractivity contribution >= 4 is 35.4 Å². The molecule has 69 heavy (non-hydrogen) atoms. The molecule has 4 aromatic rings. The molecular weight excluding hydrogens is 894 g/mol. The van der Waals surface area contributed by atoms with Gasteiger partial charge in [-0.1, -0.05) is 60.7 Å². The number of anilines is 2. The van der Waals surface area contributed by atoms with Crippen LogP contribution in [-0.2, 0) is 48.5 Å². The molecule has 16 nitrogen and oxygen atoms in total. The molecule has 0 spiro atoms. The van der Waals surface area contributed by atoms with Crippen LogP contribution >= 0.6 is 11.6 Å². The zero-order valence-corrected chi connectivity index (χ0v) is 42.6. The molecule has 5 aliphatic heterocycles. The smallest absolute Gasteiger partial charge is 0.410 e. The van der Waals surface area contributed by atoms with Crippen molar-refractivity contribution in [3.63, 3.8) is 0 Å². The molecule has 372 valence electrons. The van der Waals surface area contributed by atoms with E-state index in [4.69, 9.17) is 35.8 Å². The van der Waals surface area contributed by atoms with E-state index in [9.17, 15) is 9.59 Å². The van der Waals surface area contributed by atoms with Crippen LogP contribution in [0, 0.1) is 0 Å². The topological polar surface area (TPSA) is 136 Å². The number of hydrogen-bond acceptors (Lipinski definition) is 14. The number of aromatic nitrogens is 4. The third-order valence-electron chi connectivity index (χ3n) is 13.2. The van der Waals surface area contributed by atoms with Crippen LogP contribution in [-0.4, -0.2) is 160 Å². The van der Waals surface area contributed by atoms with Crippen molar-refractivity contribution in [1.29, 1.82) is 0 Å². The number of halogens is 1. The summed E-state index contributed by atoms with van der Waals surface area (Å²) in [5, 5.41) is 0.282. The van der Waals surface area contributed by atoms with Crippen LogP contribution in [0.4, 0.5) is 21.2 Å². The van der Waals surface area contributed by atoms with Crippen LogP contribution in [0.15, 0.2) is 60.7 Å². The number of likely N-dealkylation sites (N-methyl/N-ethyl adjacent to an activating group) is 1. The first-order chi connectivity index (χ1) is 33.0. The van der Waals surface area contributed by atoms with E-state index in [0.717, 1.165) is 88.1 Å². The molecule has 2 aromatic heterocycles. The molecule has 0 radical (unpaired) electrons. The van der Waals surface area contributed by atoms with E-state index in [1.807, 2.05) is 47.6 Å². The number of benzene rings is 2. The van der Waals surface area contributed by atoms with Crippen molar-refractivity contribution in [2.75, 3.05) is 95.4 Å². The molecule has 3 fully saturated rings. The van der Waals surface area contributed by atoms with Crippen LogP contribution in [0.2, 0.25) is 5.28 Å². The number of fused-ring (bicyclic) bond motifs is 2. The maximum absolute atomic E-state index is 12.6. The van der Waals surface area contributed by atoms with Gasteiger partial charge < -0.3 is 38.7 Å². The second kappa shape index (κ2) is 22.2. The Hall–Kier alpha value is -5.29. The van der Waals surface area contributed by atoms with Crippen molar-refractivity contribution in [2.45, 2.75) is 111 Å². The molecule has 0 bridgehead atoms. The largest absolute Gasteiger partial charge is 0.462 e. The number of amides is 2. The van der Waals surface area contributed by atoms with Gasteiger partial charge in [0.05, 0.1) is 11.4 Å². The number of carbonyl (C=O) groups excluding carboxylic acids is 2. The Kier molecular flexibility index (Phi) is 16.1. The molecule has 3 saturated heterocycles. The summed E-state index contributed by atoms with van der Waals surface area (Å²) in [4.78, 5) is 59.2. The molecule has 1 atom stereocenters. The van der Waals surface area contributed by atoms with E-state index >= 15 is 0 Å². The number of ether oxygens (including phenoxy) is 3. The monoisotopic (exact) mass is 966 g/mol. The van der Waals surface area contributed by atoms with Gasteiger partial charge in [0.1, 0.15) is 29.4 Å². The molecule has 17 heteroatoms. The molecule has 0 N–H and O–H groups in total. The van der Waals surface area contributed by atoms with E-state index in [0.29, 0.717) is 71.0 Å². The minimum Gasteiger partial charge on any atom is -0.462 e. The summed E-state index contributed by atoms with van der Waals surface area (Å²) in [6, 6.07) is 22.0. The fraction of sp³-hybridized carbons (Fsp3) is 0.577. The first kappa shape index (κ1) is 50.1. The van der Waals surface area contributed by atoms with Gasteiger partial charge in [0.25, 0.3) is 0 Å². The van der Waals surface area contributed by atoms with E-state index in [1.165, 1.54) is 28.7 Å². The average Bonchev–Trinajstić information content (AvgIpc) is 3.74. The van der Waals surface area contributed by atoms with Gasteiger partial charge in [0.2, 0.25) is 5.28 Å². The summed E-state index contributed by atoms with van der Waals surface area (Å²) in [7, 11) is 2.16. The Labute approximate surface area is 413 Å². The molecule has 0 unspecified atom stereocenters. The fourth-order valence-corrected chi connectivity index (χ4v) is 9.82. The molecule has 2 amide bonds. The first-order valence-electron chi connectivity index (χ1n) is 24.8. The molecule has 7 heterocycles. The van der Waals surface area contributed by atoms with Gasteiger partial charge >= 0.3 is 18.2 Å². The Morgan fingerprint density at radius 3 is 1.52 bits per heavy atom. The van der Waals surface area contributed by atoms with Crippen molar-refractivity contribution in [3.05, 3.63) is 99.6 Å². The molecule has 2 aromatic carbocycles. The number of rotatable bonds is 9. The highest BCUT2D eigenvalue weighted by atomic mass is 35.5. The van der Waals surface area contributed by atoms with Crippen molar-refractivity contribution in [2.24, 2.45) is 0 Å². The lowest BCUT2D eigenvalue weighted by atomic mass is 10.0. The summed E-state index contributed by atoms with van der Waals surface area (Å²) < 4.78 is 17.3. The number of carbonyl (C=O) groups is 2. The summed E-state index contributed by atoms with van der Waals surface area (Å²) in [6.07, 6.45) is 3.63. The summed E-state index contributed by atoms with van der Waals surface area (Å²) in [6.45, 7) is 23.6. The van der Waals surface area contributed by atoms with E-state index in [2.05, 4.69) is 96.1 Å². The Balaban J connectivity index is 0.000000190. The van der Waals surface area contributed by atoms with Crippen LogP contribution in [0.3, 0.4) is 0 Å². The standard InChI is InChI=1S/C29H42N6O3.C23H30ClN5O2/c1-29(2,3)38-28(36)35-17-15-34(16-18-35)26-24-12-14-33(19-22-9-6-5-7-10-22)20-25(24)30-27(31-26)37-21-23-11-8-13-32(23)4;1-23(2,3)31-22(30)29-13-11-28(12-14-29)20-18-9-10-27(15-17-7-5-4-6-8-17)16-19(18)25-21(24)26-20/h5-7,9-10,23H,8,11-21H2,1-4H3;4-8H,9-16H2,1-3H3/t23-;/m0./s1.